The first-order valence-corrected chi connectivity index (χ1v) is 8.96. The number of nitrogens with zero attached hydrogens (tertiary/aromatic N) is 1. The predicted octanol–water partition coefficient (Wildman–Crippen LogP) is 0.504. The van der Waals surface area contributed by atoms with Crippen molar-refractivity contribution < 1.29 is 14.3 Å². The second-order valence-corrected chi connectivity index (χ2v) is 7.25. The van der Waals surface area contributed by atoms with Gasteiger partial charge in [0.2, 0.25) is 11.8 Å². The lowest BCUT2D eigenvalue weighted by Crippen LogP contribution is -2.50. The normalized spacial score (nSPS) is 33.9. The maximum Gasteiger partial charge on any atom is 0.227 e. The smallest absolute Gasteiger partial charge is 0.227 e. The average Bonchev–Trinajstić information content (AvgIpc) is 3.16. The van der Waals surface area contributed by atoms with E-state index in [-0.39, 0.29) is 29.9 Å². The second kappa shape index (κ2) is 7.18. The zero-order valence-corrected chi connectivity index (χ0v) is 14.0. The van der Waals surface area contributed by atoms with Gasteiger partial charge in [0.05, 0.1) is 18.6 Å². The van der Waals surface area contributed by atoms with Crippen LogP contribution in [0.15, 0.2) is 0 Å². The van der Waals surface area contributed by atoms with Gasteiger partial charge in [-0.2, -0.15) is 0 Å². The Balaban J connectivity index is 1.42. The molecule has 3 rings (SSSR count). The maximum atomic E-state index is 12.8. The largest absolute Gasteiger partial charge is 0.378 e. The van der Waals surface area contributed by atoms with Gasteiger partial charge in [0.25, 0.3) is 0 Å². The topological polar surface area (TPSA) is 84.7 Å². The van der Waals surface area contributed by atoms with Crippen LogP contribution in [0.2, 0.25) is 0 Å². The fourth-order valence-corrected chi connectivity index (χ4v) is 4.60. The number of hydrogen-bond donors (Lipinski definition) is 2. The number of carbonyl (C=O) groups excluding carboxylic acids is 2. The molecule has 3 N–H and O–H groups in total. The molecule has 130 valence electrons. The van der Waals surface area contributed by atoms with Gasteiger partial charge in [-0.15, -0.1) is 0 Å². The van der Waals surface area contributed by atoms with E-state index in [9.17, 15) is 9.59 Å². The third-order valence-electron chi connectivity index (χ3n) is 5.98. The van der Waals surface area contributed by atoms with Crippen LogP contribution in [0.5, 0.6) is 0 Å². The van der Waals surface area contributed by atoms with E-state index >= 15 is 0 Å². The zero-order valence-electron chi connectivity index (χ0n) is 14.0. The Morgan fingerprint density at radius 2 is 1.87 bits per heavy atom. The van der Waals surface area contributed by atoms with E-state index in [4.69, 9.17) is 10.5 Å². The SMILES string of the molecule is CNC(=O)CCOC1CCN(C(=O)C2C3CCC(C3)C2N)CC1. The van der Waals surface area contributed by atoms with Crippen LogP contribution in [0.4, 0.5) is 0 Å². The van der Waals surface area contributed by atoms with Crippen LogP contribution in [0.1, 0.15) is 38.5 Å². The summed E-state index contributed by atoms with van der Waals surface area (Å²) in [4.78, 5) is 26.0. The second-order valence-electron chi connectivity index (χ2n) is 7.25. The molecule has 1 heterocycles. The summed E-state index contributed by atoms with van der Waals surface area (Å²) < 4.78 is 5.76. The highest BCUT2D eigenvalue weighted by Crippen LogP contribution is 2.48. The highest BCUT2D eigenvalue weighted by atomic mass is 16.5. The van der Waals surface area contributed by atoms with Crippen LogP contribution >= 0.6 is 0 Å². The summed E-state index contributed by atoms with van der Waals surface area (Å²) in [6.45, 7) is 1.96. The Hall–Kier alpha value is -1.14. The molecule has 1 aliphatic heterocycles. The molecule has 4 atom stereocenters. The van der Waals surface area contributed by atoms with Crippen molar-refractivity contribution in [2.75, 3.05) is 26.7 Å². The number of piperidine rings is 1. The molecular weight excluding hydrogens is 294 g/mol. The summed E-state index contributed by atoms with van der Waals surface area (Å²) in [6.07, 6.45) is 5.81. The van der Waals surface area contributed by atoms with Crippen LogP contribution < -0.4 is 11.1 Å². The number of amides is 2. The summed E-state index contributed by atoms with van der Waals surface area (Å²) in [6, 6.07) is 0.0720. The van der Waals surface area contributed by atoms with Crippen molar-refractivity contribution in [3.8, 4) is 0 Å². The number of nitrogens with two attached hydrogens (primary N) is 1. The predicted molar refractivity (Wildman–Crippen MR) is 86.5 cm³/mol. The van der Waals surface area contributed by atoms with Crippen molar-refractivity contribution in [3.05, 3.63) is 0 Å². The lowest BCUT2D eigenvalue weighted by molar-refractivity contribution is -0.140. The van der Waals surface area contributed by atoms with E-state index in [1.54, 1.807) is 7.05 Å². The highest BCUT2D eigenvalue weighted by molar-refractivity contribution is 5.80. The van der Waals surface area contributed by atoms with Gasteiger partial charge in [-0.05, 0) is 43.9 Å². The Morgan fingerprint density at radius 3 is 2.48 bits per heavy atom. The third kappa shape index (κ3) is 3.53. The van der Waals surface area contributed by atoms with Gasteiger partial charge >= 0.3 is 0 Å². The molecule has 23 heavy (non-hydrogen) atoms. The number of likely N-dealkylation sites (tertiary alicyclic amines) is 1. The molecule has 0 radical (unpaired) electrons. The molecule has 0 aromatic carbocycles. The standard InChI is InChI=1S/C17H29N3O3/c1-19-14(21)6-9-23-13-4-7-20(8-5-13)17(22)15-11-2-3-12(10-11)16(15)18/h11-13,15-16H,2-10,18H2,1H3,(H,19,21). The maximum absolute atomic E-state index is 12.8. The molecule has 2 bridgehead atoms. The molecule has 3 aliphatic rings. The Bertz CT molecular complexity index is 446. The zero-order chi connectivity index (χ0) is 16.4. The molecule has 0 aromatic heterocycles. The van der Waals surface area contributed by atoms with Crippen molar-refractivity contribution in [1.82, 2.24) is 10.2 Å². The van der Waals surface area contributed by atoms with E-state index < -0.39 is 0 Å². The Morgan fingerprint density at radius 1 is 1.17 bits per heavy atom. The summed E-state index contributed by atoms with van der Waals surface area (Å²) in [7, 11) is 1.63. The molecule has 2 aliphatic carbocycles. The van der Waals surface area contributed by atoms with Gasteiger partial charge in [-0.3, -0.25) is 9.59 Å². The van der Waals surface area contributed by atoms with E-state index in [0.717, 1.165) is 32.4 Å². The van der Waals surface area contributed by atoms with Gasteiger partial charge in [-0.1, -0.05) is 0 Å². The third-order valence-corrected chi connectivity index (χ3v) is 5.98. The van der Waals surface area contributed by atoms with Crippen molar-refractivity contribution >= 4 is 11.8 Å². The number of rotatable bonds is 5. The summed E-state index contributed by atoms with van der Waals surface area (Å²) in [5.41, 5.74) is 6.30. The van der Waals surface area contributed by atoms with Crippen LogP contribution in [0.25, 0.3) is 0 Å². The number of hydrogen-bond acceptors (Lipinski definition) is 4. The molecule has 2 amide bonds. The van der Waals surface area contributed by atoms with Crippen molar-refractivity contribution in [1.29, 1.82) is 0 Å². The first-order chi connectivity index (χ1) is 11.1. The number of ether oxygens (including phenoxy) is 1. The minimum absolute atomic E-state index is 0.00267. The first kappa shape index (κ1) is 16.7. The van der Waals surface area contributed by atoms with E-state index in [1.807, 2.05) is 4.90 Å². The van der Waals surface area contributed by atoms with Crippen LogP contribution in [-0.2, 0) is 14.3 Å². The molecular formula is C17H29N3O3. The number of nitrogens with one attached hydrogen (secondary N) is 1. The van der Waals surface area contributed by atoms with Gasteiger partial charge in [0.15, 0.2) is 0 Å². The molecule has 6 heteroatoms. The van der Waals surface area contributed by atoms with Crippen LogP contribution in [-0.4, -0.2) is 55.6 Å². The van der Waals surface area contributed by atoms with Crippen LogP contribution in [0, 0.1) is 17.8 Å². The van der Waals surface area contributed by atoms with Gasteiger partial charge in [-0.25, -0.2) is 0 Å². The molecule has 6 nitrogen and oxygen atoms in total. The lowest BCUT2D eigenvalue weighted by atomic mass is 9.83. The Labute approximate surface area is 138 Å². The number of fused-ring (bicyclic) bond motifs is 2. The molecule has 2 saturated carbocycles. The van der Waals surface area contributed by atoms with E-state index in [1.165, 1.54) is 12.8 Å². The molecule has 3 fully saturated rings. The fourth-order valence-electron chi connectivity index (χ4n) is 4.60. The minimum atomic E-state index is 0.00267. The van der Waals surface area contributed by atoms with Gasteiger partial charge in [0.1, 0.15) is 0 Å². The van der Waals surface area contributed by atoms with Crippen molar-refractivity contribution in [2.24, 2.45) is 23.5 Å². The lowest BCUT2D eigenvalue weighted by Gasteiger charge is -2.36. The van der Waals surface area contributed by atoms with Gasteiger partial charge < -0.3 is 20.7 Å². The molecule has 0 aromatic rings. The fraction of sp³-hybridized carbons (Fsp3) is 0.882. The van der Waals surface area contributed by atoms with Crippen LogP contribution in [0.3, 0.4) is 0 Å². The summed E-state index contributed by atoms with van der Waals surface area (Å²) >= 11 is 0. The average molecular weight is 323 g/mol. The summed E-state index contributed by atoms with van der Waals surface area (Å²) in [5, 5.41) is 2.59. The summed E-state index contributed by atoms with van der Waals surface area (Å²) in [5.74, 6) is 1.42. The quantitative estimate of drug-likeness (QED) is 0.772. The highest BCUT2D eigenvalue weighted by Gasteiger charge is 2.50. The monoisotopic (exact) mass is 323 g/mol. The molecule has 4 unspecified atom stereocenters. The van der Waals surface area contributed by atoms with Crippen molar-refractivity contribution in [3.63, 3.8) is 0 Å². The Kier molecular flexibility index (Phi) is 5.21. The first-order valence-electron chi connectivity index (χ1n) is 8.96. The minimum Gasteiger partial charge on any atom is -0.378 e. The molecule has 1 saturated heterocycles. The van der Waals surface area contributed by atoms with Gasteiger partial charge in [0, 0.05) is 32.6 Å². The molecule has 0 spiro atoms. The van der Waals surface area contributed by atoms with E-state index in [0.29, 0.717) is 24.9 Å². The number of carbonyl (C=O) groups is 2. The van der Waals surface area contributed by atoms with E-state index in [2.05, 4.69) is 5.32 Å². The van der Waals surface area contributed by atoms with Crippen molar-refractivity contribution in [2.45, 2.75) is 50.7 Å².